The molecular formula is C20H28N6O2. The molecule has 1 fully saturated rings. The minimum atomic E-state index is -0.298. The Morgan fingerprint density at radius 1 is 1.14 bits per heavy atom. The van der Waals surface area contributed by atoms with Crippen LogP contribution >= 0.6 is 0 Å². The Morgan fingerprint density at radius 3 is 2.61 bits per heavy atom. The summed E-state index contributed by atoms with van der Waals surface area (Å²) in [5.74, 6) is 0.668. The molecule has 150 valence electrons. The number of carbonyl (C=O) groups is 1. The monoisotopic (exact) mass is 384 g/mol. The lowest BCUT2D eigenvalue weighted by Gasteiger charge is -2.33. The quantitative estimate of drug-likeness (QED) is 0.770. The number of aromatic nitrogens is 3. The highest BCUT2D eigenvalue weighted by molar-refractivity contribution is 5.91. The molecule has 3 heterocycles. The summed E-state index contributed by atoms with van der Waals surface area (Å²) in [6.07, 6.45) is 3.61. The van der Waals surface area contributed by atoms with Crippen LogP contribution in [0.2, 0.25) is 0 Å². The molecule has 1 saturated heterocycles. The molecule has 1 N–H and O–H groups in total. The number of hydrogen-bond donors (Lipinski definition) is 1. The van der Waals surface area contributed by atoms with Gasteiger partial charge in [-0.15, -0.1) is 0 Å². The van der Waals surface area contributed by atoms with Gasteiger partial charge in [-0.1, -0.05) is 19.4 Å². The molecule has 0 spiro atoms. The van der Waals surface area contributed by atoms with E-state index in [2.05, 4.69) is 32.2 Å². The normalized spacial score (nSPS) is 14.9. The Bertz CT molecular complexity index is 841. The van der Waals surface area contributed by atoms with Gasteiger partial charge in [0.1, 0.15) is 11.5 Å². The van der Waals surface area contributed by atoms with Crippen LogP contribution in [0.3, 0.4) is 0 Å². The predicted octanol–water partition coefficient (Wildman–Crippen LogP) is 1.12. The first-order chi connectivity index (χ1) is 13.6. The summed E-state index contributed by atoms with van der Waals surface area (Å²) >= 11 is 0. The zero-order chi connectivity index (χ0) is 19.9. The first kappa shape index (κ1) is 20.0. The molecule has 0 bridgehead atoms. The Hall–Kier alpha value is -2.74. The number of anilines is 1. The molecule has 1 aliphatic heterocycles. The molecule has 2 aromatic heterocycles. The van der Waals surface area contributed by atoms with Gasteiger partial charge >= 0.3 is 0 Å². The van der Waals surface area contributed by atoms with E-state index in [1.807, 2.05) is 19.1 Å². The van der Waals surface area contributed by atoms with Crippen LogP contribution in [0.1, 0.15) is 35.8 Å². The number of piperazine rings is 1. The van der Waals surface area contributed by atoms with Gasteiger partial charge in [-0.2, -0.15) is 5.10 Å². The number of nitrogens with one attached hydrogen (secondary N) is 1. The number of unbranched alkanes of at least 4 members (excludes halogenated alkanes) is 1. The maximum absolute atomic E-state index is 12.4. The topological polar surface area (TPSA) is 83.4 Å². The second-order valence-electron chi connectivity index (χ2n) is 7.13. The summed E-state index contributed by atoms with van der Waals surface area (Å²) < 4.78 is 1.35. The van der Waals surface area contributed by atoms with Crippen LogP contribution in [-0.4, -0.2) is 58.8 Å². The summed E-state index contributed by atoms with van der Waals surface area (Å²) in [4.78, 5) is 33.3. The van der Waals surface area contributed by atoms with Crippen molar-refractivity contribution in [3.05, 3.63) is 52.1 Å². The third-order valence-electron chi connectivity index (χ3n) is 4.91. The molecule has 3 rings (SSSR count). The van der Waals surface area contributed by atoms with Gasteiger partial charge in [-0.05, 0) is 31.2 Å². The highest BCUT2D eigenvalue weighted by Crippen LogP contribution is 2.13. The second-order valence-corrected chi connectivity index (χ2v) is 7.13. The smallest absolute Gasteiger partial charge is 0.271 e. The SMILES string of the molecule is CCCCn1nc(C(=O)NCc2ccc(N3CCN(C)CC3)nc2)ccc1=O. The lowest BCUT2D eigenvalue weighted by molar-refractivity contribution is 0.0943. The van der Waals surface area contributed by atoms with E-state index >= 15 is 0 Å². The van der Waals surface area contributed by atoms with Crippen molar-refractivity contribution in [1.82, 2.24) is 25.0 Å². The van der Waals surface area contributed by atoms with Gasteiger partial charge in [0, 0.05) is 51.5 Å². The highest BCUT2D eigenvalue weighted by Gasteiger charge is 2.15. The minimum Gasteiger partial charge on any atom is -0.354 e. The number of carbonyl (C=O) groups excluding carboxylic acids is 1. The molecule has 8 heteroatoms. The van der Waals surface area contributed by atoms with Gasteiger partial charge in [-0.3, -0.25) is 9.59 Å². The molecule has 8 nitrogen and oxygen atoms in total. The molecule has 0 unspecified atom stereocenters. The van der Waals surface area contributed by atoms with E-state index < -0.39 is 0 Å². The van der Waals surface area contributed by atoms with Crippen molar-refractivity contribution >= 4 is 11.7 Å². The number of amides is 1. The Labute approximate surface area is 165 Å². The van der Waals surface area contributed by atoms with Crippen LogP contribution in [0.15, 0.2) is 35.3 Å². The van der Waals surface area contributed by atoms with E-state index in [1.54, 1.807) is 6.20 Å². The van der Waals surface area contributed by atoms with Gasteiger partial charge in [0.25, 0.3) is 11.5 Å². The maximum atomic E-state index is 12.4. The number of nitrogens with zero attached hydrogens (tertiary/aromatic N) is 5. The highest BCUT2D eigenvalue weighted by atomic mass is 16.2. The van der Waals surface area contributed by atoms with E-state index in [1.165, 1.54) is 16.8 Å². The number of aryl methyl sites for hydroxylation is 1. The van der Waals surface area contributed by atoms with Crippen molar-refractivity contribution < 1.29 is 4.79 Å². The fourth-order valence-corrected chi connectivity index (χ4v) is 3.05. The lowest BCUT2D eigenvalue weighted by atomic mass is 10.2. The third kappa shape index (κ3) is 5.16. The number of hydrogen-bond acceptors (Lipinski definition) is 6. The molecule has 0 radical (unpaired) electrons. The van der Waals surface area contributed by atoms with Gasteiger partial charge in [0.2, 0.25) is 0 Å². The summed E-state index contributed by atoms with van der Waals surface area (Å²) in [6.45, 7) is 6.95. The molecule has 2 aromatic rings. The predicted molar refractivity (Wildman–Crippen MR) is 109 cm³/mol. The molecule has 28 heavy (non-hydrogen) atoms. The average Bonchev–Trinajstić information content (AvgIpc) is 2.72. The number of likely N-dealkylation sites (N-methyl/N-ethyl adjacent to an activating group) is 1. The largest absolute Gasteiger partial charge is 0.354 e. The summed E-state index contributed by atoms with van der Waals surface area (Å²) in [5, 5.41) is 7.02. The van der Waals surface area contributed by atoms with Crippen LogP contribution in [0.25, 0.3) is 0 Å². The van der Waals surface area contributed by atoms with E-state index in [0.717, 1.165) is 50.4 Å². The van der Waals surface area contributed by atoms with Crippen molar-refractivity contribution in [2.45, 2.75) is 32.9 Å². The Kier molecular flexibility index (Phi) is 6.76. The summed E-state index contributed by atoms with van der Waals surface area (Å²) in [6, 6.07) is 6.84. The molecule has 1 aliphatic rings. The minimum absolute atomic E-state index is 0.186. The van der Waals surface area contributed by atoms with Crippen molar-refractivity contribution in [3.8, 4) is 0 Å². The molecule has 0 aliphatic carbocycles. The van der Waals surface area contributed by atoms with Crippen LogP contribution < -0.4 is 15.8 Å². The van der Waals surface area contributed by atoms with E-state index in [4.69, 9.17) is 0 Å². The standard InChI is InChI=1S/C20H28N6O2/c1-3-4-9-26-19(27)8-6-17(23-26)20(28)22-15-16-5-7-18(21-14-16)25-12-10-24(2)11-13-25/h5-8,14H,3-4,9-13,15H2,1-2H3,(H,22,28). The number of pyridine rings is 1. The van der Waals surface area contributed by atoms with Crippen molar-refractivity contribution in [1.29, 1.82) is 0 Å². The zero-order valence-electron chi connectivity index (χ0n) is 16.6. The van der Waals surface area contributed by atoms with Crippen molar-refractivity contribution in [2.75, 3.05) is 38.1 Å². The van der Waals surface area contributed by atoms with E-state index in [-0.39, 0.29) is 17.2 Å². The van der Waals surface area contributed by atoms with Crippen LogP contribution in [0.5, 0.6) is 0 Å². The fraction of sp³-hybridized carbons (Fsp3) is 0.500. The van der Waals surface area contributed by atoms with Gasteiger partial charge in [-0.25, -0.2) is 9.67 Å². The molecule has 0 saturated carbocycles. The summed E-state index contributed by atoms with van der Waals surface area (Å²) in [5.41, 5.74) is 0.983. The van der Waals surface area contributed by atoms with Crippen LogP contribution in [-0.2, 0) is 13.1 Å². The molecule has 0 atom stereocenters. The average molecular weight is 384 g/mol. The molecule has 1 amide bonds. The molecule has 0 aromatic carbocycles. The maximum Gasteiger partial charge on any atom is 0.271 e. The zero-order valence-corrected chi connectivity index (χ0v) is 16.6. The third-order valence-corrected chi connectivity index (χ3v) is 4.91. The van der Waals surface area contributed by atoms with Crippen LogP contribution in [0.4, 0.5) is 5.82 Å². The lowest BCUT2D eigenvalue weighted by Crippen LogP contribution is -2.44. The second kappa shape index (κ2) is 9.45. The molecular weight excluding hydrogens is 356 g/mol. The Balaban J connectivity index is 1.56. The van der Waals surface area contributed by atoms with Crippen LogP contribution in [0, 0.1) is 0 Å². The van der Waals surface area contributed by atoms with E-state index in [9.17, 15) is 9.59 Å². The van der Waals surface area contributed by atoms with Gasteiger partial charge < -0.3 is 15.1 Å². The number of rotatable bonds is 7. The van der Waals surface area contributed by atoms with Crippen molar-refractivity contribution in [3.63, 3.8) is 0 Å². The van der Waals surface area contributed by atoms with Gasteiger partial charge in [0.15, 0.2) is 0 Å². The van der Waals surface area contributed by atoms with Gasteiger partial charge in [0.05, 0.1) is 0 Å². The van der Waals surface area contributed by atoms with Crippen molar-refractivity contribution in [2.24, 2.45) is 0 Å². The Morgan fingerprint density at radius 2 is 1.93 bits per heavy atom. The first-order valence-electron chi connectivity index (χ1n) is 9.81. The fourth-order valence-electron chi connectivity index (χ4n) is 3.05. The first-order valence-corrected chi connectivity index (χ1v) is 9.81. The van der Waals surface area contributed by atoms with E-state index in [0.29, 0.717) is 13.1 Å². The summed E-state index contributed by atoms with van der Waals surface area (Å²) in [7, 11) is 2.13.